The van der Waals surface area contributed by atoms with Gasteiger partial charge in [-0.3, -0.25) is 9.69 Å². The number of likely N-dealkylation sites (N-methyl/N-ethyl adjacent to an activating group) is 1. The van der Waals surface area contributed by atoms with Crippen LogP contribution in [0.4, 0.5) is 0 Å². The Labute approximate surface area is 113 Å². The molecule has 0 aliphatic carbocycles. The van der Waals surface area contributed by atoms with Gasteiger partial charge in [-0.1, -0.05) is 6.42 Å². The van der Waals surface area contributed by atoms with Crippen LogP contribution in [-0.2, 0) is 11.3 Å². The van der Waals surface area contributed by atoms with E-state index in [4.69, 9.17) is 5.26 Å². The van der Waals surface area contributed by atoms with Crippen LogP contribution in [0.25, 0.3) is 0 Å². The Kier molecular flexibility index (Phi) is 4.48. The largest absolute Gasteiger partial charge is 0.358 e. The van der Waals surface area contributed by atoms with E-state index in [-0.39, 0.29) is 11.9 Å². The summed E-state index contributed by atoms with van der Waals surface area (Å²) in [5.41, 5.74) is 1.45. The first-order chi connectivity index (χ1) is 9.24. The zero-order valence-electron chi connectivity index (χ0n) is 11.1. The number of aromatic nitrogens is 1. The first-order valence-electron chi connectivity index (χ1n) is 6.55. The Hall–Kier alpha value is -1.93. The molecule has 1 atom stereocenters. The average Bonchev–Trinajstić information content (AvgIpc) is 2.47. The molecule has 0 saturated carbocycles. The van der Waals surface area contributed by atoms with Gasteiger partial charge < -0.3 is 5.32 Å². The van der Waals surface area contributed by atoms with Crippen LogP contribution in [0.1, 0.15) is 30.5 Å². The molecule has 1 aromatic heterocycles. The predicted molar refractivity (Wildman–Crippen MR) is 71.1 cm³/mol. The molecule has 0 aromatic carbocycles. The molecule has 2 rings (SSSR count). The summed E-state index contributed by atoms with van der Waals surface area (Å²) < 4.78 is 0. The molecule has 1 amide bonds. The van der Waals surface area contributed by atoms with Crippen LogP contribution >= 0.6 is 0 Å². The van der Waals surface area contributed by atoms with Crippen LogP contribution in [0.2, 0.25) is 0 Å². The highest BCUT2D eigenvalue weighted by atomic mass is 16.2. The van der Waals surface area contributed by atoms with Gasteiger partial charge in [0.25, 0.3) is 0 Å². The SMILES string of the molecule is CNC(=O)C1CCCCN1Cc1ccnc(C#N)c1. The van der Waals surface area contributed by atoms with Crippen LogP contribution < -0.4 is 5.32 Å². The molecule has 1 aliphatic heterocycles. The molecule has 1 fully saturated rings. The van der Waals surface area contributed by atoms with Gasteiger partial charge in [-0.15, -0.1) is 0 Å². The van der Waals surface area contributed by atoms with E-state index in [2.05, 4.69) is 15.2 Å². The molecule has 5 heteroatoms. The zero-order valence-corrected chi connectivity index (χ0v) is 11.1. The summed E-state index contributed by atoms with van der Waals surface area (Å²) in [5.74, 6) is 0.0780. The Bertz CT molecular complexity index is 494. The summed E-state index contributed by atoms with van der Waals surface area (Å²) in [4.78, 5) is 18.0. The molecule has 0 radical (unpaired) electrons. The number of rotatable bonds is 3. The van der Waals surface area contributed by atoms with E-state index in [0.717, 1.165) is 31.4 Å². The van der Waals surface area contributed by atoms with Gasteiger partial charge in [0.05, 0.1) is 6.04 Å². The highest BCUT2D eigenvalue weighted by molar-refractivity contribution is 5.81. The fourth-order valence-corrected chi connectivity index (χ4v) is 2.51. The number of amides is 1. The maximum atomic E-state index is 11.9. The Morgan fingerprint density at radius 1 is 1.63 bits per heavy atom. The van der Waals surface area contributed by atoms with E-state index in [9.17, 15) is 4.79 Å². The monoisotopic (exact) mass is 258 g/mol. The quantitative estimate of drug-likeness (QED) is 0.880. The minimum atomic E-state index is -0.0579. The van der Waals surface area contributed by atoms with E-state index in [1.807, 2.05) is 12.1 Å². The third-order valence-corrected chi connectivity index (χ3v) is 3.49. The Morgan fingerprint density at radius 2 is 2.47 bits per heavy atom. The summed E-state index contributed by atoms with van der Waals surface area (Å²) in [6.45, 7) is 1.61. The standard InChI is InChI=1S/C14H18N4O/c1-16-14(19)13-4-2-3-7-18(13)10-11-5-6-17-12(8-11)9-15/h5-6,8,13H,2-4,7,10H2,1H3,(H,16,19). The molecular formula is C14H18N4O. The number of nitrogens with one attached hydrogen (secondary N) is 1. The maximum Gasteiger partial charge on any atom is 0.237 e. The second-order valence-corrected chi connectivity index (χ2v) is 4.76. The van der Waals surface area contributed by atoms with Crippen molar-refractivity contribution >= 4 is 5.91 Å². The van der Waals surface area contributed by atoms with Crippen molar-refractivity contribution < 1.29 is 4.79 Å². The number of hydrogen-bond donors (Lipinski definition) is 1. The molecular weight excluding hydrogens is 240 g/mol. The third kappa shape index (κ3) is 3.30. The van der Waals surface area contributed by atoms with E-state index in [0.29, 0.717) is 12.2 Å². The summed E-state index contributed by atoms with van der Waals surface area (Å²) >= 11 is 0. The molecule has 1 aliphatic rings. The van der Waals surface area contributed by atoms with E-state index >= 15 is 0 Å². The molecule has 1 aromatic rings. The zero-order chi connectivity index (χ0) is 13.7. The Balaban J connectivity index is 2.10. The van der Waals surface area contributed by atoms with Crippen molar-refractivity contribution in [2.75, 3.05) is 13.6 Å². The summed E-state index contributed by atoms with van der Waals surface area (Å²) in [7, 11) is 1.68. The van der Waals surface area contributed by atoms with Crippen molar-refractivity contribution in [3.05, 3.63) is 29.6 Å². The predicted octanol–water partition coefficient (Wildman–Crippen LogP) is 1.05. The van der Waals surface area contributed by atoms with Crippen LogP contribution in [0, 0.1) is 11.3 Å². The van der Waals surface area contributed by atoms with E-state index < -0.39 is 0 Å². The fourth-order valence-electron chi connectivity index (χ4n) is 2.51. The molecule has 19 heavy (non-hydrogen) atoms. The van der Waals surface area contributed by atoms with Crippen molar-refractivity contribution in [1.29, 1.82) is 5.26 Å². The van der Waals surface area contributed by atoms with Gasteiger partial charge in [0, 0.05) is 19.8 Å². The van der Waals surface area contributed by atoms with Gasteiger partial charge in [-0.25, -0.2) is 4.98 Å². The molecule has 1 saturated heterocycles. The summed E-state index contributed by atoms with van der Waals surface area (Å²) in [6, 6.07) is 5.67. The van der Waals surface area contributed by atoms with Crippen LogP contribution in [0.5, 0.6) is 0 Å². The molecule has 5 nitrogen and oxygen atoms in total. The van der Waals surface area contributed by atoms with Gasteiger partial charge in [-0.2, -0.15) is 5.26 Å². The van der Waals surface area contributed by atoms with E-state index in [1.165, 1.54) is 0 Å². The molecule has 1 N–H and O–H groups in total. The average molecular weight is 258 g/mol. The number of carbonyl (C=O) groups excluding carboxylic acids is 1. The highest BCUT2D eigenvalue weighted by Crippen LogP contribution is 2.19. The lowest BCUT2D eigenvalue weighted by Gasteiger charge is -2.34. The summed E-state index contributed by atoms with van der Waals surface area (Å²) in [6.07, 6.45) is 4.75. The molecule has 2 heterocycles. The lowest BCUT2D eigenvalue weighted by Crippen LogP contribution is -2.48. The number of nitrogens with zero attached hydrogens (tertiary/aromatic N) is 3. The summed E-state index contributed by atoms with van der Waals surface area (Å²) in [5, 5.41) is 11.6. The first kappa shape index (κ1) is 13.5. The van der Waals surface area contributed by atoms with Crippen LogP contribution in [0.15, 0.2) is 18.3 Å². The second kappa shape index (κ2) is 6.30. The van der Waals surface area contributed by atoms with Crippen LogP contribution in [-0.4, -0.2) is 35.4 Å². The Morgan fingerprint density at radius 3 is 3.21 bits per heavy atom. The maximum absolute atomic E-state index is 11.9. The van der Waals surface area contributed by atoms with Crippen LogP contribution in [0.3, 0.4) is 0 Å². The van der Waals surface area contributed by atoms with Crippen molar-refractivity contribution in [2.45, 2.75) is 31.8 Å². The normalized spacial score (nSPS) is 19.7. The van der Waals surface area contributed by atoms with Crippen molar-refractivity contribution in [3.63, 3.8) is 0 Å². The van der Waals surface area contributed by atoms with Gasteiger partial charge in [0.1, 0.15) is 11.8 Å². The van der Waals surface area contributed by atoms with Gasteiger partial charge in [0.15, 0.2) is 0 Å². The number of carbonyl (C=O) groups is 1. The molecule has 100 valence electrons. The number of nitriles is 1. The minimum absolute atomic E-state index is 0.0579. The van der Waals surface area contributed by atoms with Gasteiger partial charge >= 0.3 is 0 Å². The minimum Gasteiger partial charge on any atom is -0.358 e. The second-order valence-electron chi connectivity index (χ2n) is 4.76. The third-order valence-electron chi connectivity index (χ3n) is 3.49. The van der Waals surface area contributed by atoms with Gasteiger partial charge in [-0.05, 0) is 37.1 Å². The molecule has 0 bridgehead atoms. The molecule has 1 unspecified atom stereocenters. The lowest BCUT2D eigenvalue weighted by molar-refractivity contribution is -0.127. The van der Waals surface area contributed by atoms with Crippen molar-refractivity contribution in [3.8, 4) is 6.07 Å². The number of likely N-dealkylation sites (tertiary alicyclic amines) is 1. The number of hydrogen-bond acceptors (Lipinski definition) is 4. The number of pyridine rings is 1. The van der Waals surface area contributed by atoms with Crippen molar-refractivity contribution in [1.82, 2.24) is 15.2 Å². The van der Waals surface area contributed by atoms with Crippen molar-refractivity contribution in [2.24, 2.45) is 0 Å². The molecule has 0 spiro atoms. The van der Waals surface area contributed by atoms with Gasteiger partial charge in [0.2, 0.25) is 5.91 Å². The smallest absolute Gasteiger partial charge is 0.237 e. The topological polar surface area (TPSA) is 69.0 Å². The lowest BCUT2D eigenvalue weighted by atomic mass is 10.0. The van der Waals surface area contributed by atoms with E-state index in [1.54, 1.807) is 19.3 Å². The fraction of sp³-hybridized carbons (Fsp3) is 0.500. The first-order valence-corrected chi connectivity index (χ1v) is 6.55. The number of piperidine rings is 1. The highest BCUT2D eigenvalue weighted by Gasteiger charge is 2.27.